The fourth-order valence-electron chi connectivity index (χ4n) is 3.97. The van der Waals surface area contributed by atoms with Gasteiger partial charge in [0.05, 0.1) is 0 Å². The Balaban J connectivity index is 1.58. The number of carbonyl (C=O) groups excluding carboxylic acids is 2. The zero-order valence-electron chi connectivity index (χ0n) is 14.6. The Hall–Kier alpha value is -1.90. The van der Waals surface area contributed by atoms with Crippen molar-refractivity contribution in [2.45, 2.75) is 64.7 Å². The summed E-state index contributed by atoms with van der Waals surface area (Å²) in [6.07, 6.45) is 11.7. The molecule has 2 aliphatic rings. The molecular weight excluding hydrogens is 298 g/mol. The summed E-state index contributed by atoms with van der Waals surface area (Å²) in [5.41, 5.74) is 3.55. The van der Waals surface area contributed by atoms with Gasteiger partial charge in [-0.05, 0) is 61.4 Å². The van der Waals surface area contributed by atoms with Gasteiger partial charge in [0.2, 0.25) is 5.91 Å². The number of benzene rings is 1. The second kappa shape index (κ2) is 7.78. The zero-order valence-corrected chi connectivity index (χ0v) is 14.6. The van der Waals surface area contributed by atoms with Gasteiger partial charge >= 0.3 is 0 Å². The standard InChI is InChI=1S/C21H27NO2/c1-2-16-9-10-17-14-18(11-12-19(17)21(16)24)22-20(23)13-8-15-6-4-3-5-7-15/h2,11-12,14-15H,3-10,13H2,1H3,(H,22,23)/b16-2+. The highest BCUT2D eigenvalue weighted by Gasteiger charge is 2.21. The maximum Gasteiger partial charge on any atom is 0.224 e. The highest BCUT2D eigenvalue weighted by Crippen LogP contribution is 2.29. The number of ketones is 1. The lowest BCUT2D eigenvalue weighted by molar-refractivity contribution is -0.116. The maximum absolute atomic E-state index is 12.3. The number of amides is 1. The molecule has 1 saturated carbocycles. The predicted octanol–water partition coefficient (Wildman–Crippen LogP) is 5.06. The Labute approximate surface area is 144 Å². The summed E-state index contributed by atoms with van der Waals surface area (Å²) >= 11 is 0. The molecule has 0 radical (unpaired) electrons. The van der Waals surface area contributed by atoms with E-state index in [9.17, 15) is 9.59 Å². The number of Topliss-reactive ketones (excluding diaryl/α,β-unsaturated/α-hetero) is 1. The molecule has 0 aromatic heterocycles. The Morgan fingerprint density at radius 1 is 1.21 bits per heavy atom. The van der Waals surface area contributed by atoms with Crippen molar-refractivity contribution in [3.8, 4) is 0 Å². The van der Waals surface area contributed by atoms with Crippen LogP contribution in [-0.2, 0) is 11.2 Å². The molecule has 0 saturated heterocycles. The molecule has 1 fully saturated rings. The molecule has 0 unspecified atom stereocenters. The molecule has 3 nitrogen and oxygen atoms in total. The molecule has 0 aliphatic heterocycles. The highest BCUT2D eigenvalue weighted by molar-refractivity contribution is 6.11. The van der Waals surface area contributed by atoms with Gasteiger partial charge in [0.15, 0.2) is 5.78 Å². The molecule has 1 aromatic carbocycles. The number of hydrogen-bond acceptors (Lipinski definition) is 2. The fraction of sp³-hybridized carbons (Fsp3) is 0.524. The Kier molecular flexibility index (Phi) is 5.49. The van der Waals surface area contributed by atoms with Crippen LogP contribution in [0.4, 0.5) is 5.69 Å². The summed E-state index contributed by atoms with van der Waals surface area (Å²) in [6.45, 7) is 1.92. The van der Waals surface area contributed by atoms with Crippen molar-refractivity contribution in [3.63, 3.8) is 0 Å². The van der Waals surface area contributed by atoms with Crippen LogP contribution in [-0.4, -0.2) is 11.7 Å². The summed E-state index contributed by atoms with van der Waals surface area (Å²) < 4.78 is 0. The molecule has 24 heavy (non-hydrogen) atoms. The molecule has 2 aliphatic carbocycles. The first-order valence-corrected chi connectivity index (χ1v) is 9.30. The van der Waals surface area contributed by atoms with Gasteiger partial charge in [0, 0.05) is 17.7 Å². The van der Waals surface area contributed by atoms with E-state index >= 15 is 0 Å². The van der Waals surface area contributed by atoms with Crippen LogP contribution in [0.5, 0.6) is 0 Å². The van der Waals surface area contributed by atoms with Gasteiger partial charge in [0.1, 0.15) is 0 Å². The van der Waals surface area contributed by atoms with E-state index in [1.807, 2.05) is 31.2 Å². The second-order valence-electron chi connectivity index (χ2n) is 7.11. The average molecular weight is 325 g/mol. The molecule has 0 atom stereocenters. The largest absolute Gasteiger partial charge is 0.326 e. The minimum Gasteiger partial charge on any atom is -0.326 e. The molecule has 0 bridgehead atoms. The van der Waals surface area contributed by atoms with E-state index in [1.54, 1.807) is 0 Å². The first kappa shape index (κ1) is 16.9. The Morgan fingerprint density at radius 3 is 2.75 bits per heavy atom. The summed E-state index contributed by atoms with van der Waals surface area (Å²) in [5, 5.41) is 3.01. The number of hydrogen-bond donors (Lipinski definition) is 1. The summed E-state index contributed by atoms with van der Waals surface area (Å²) in [6, 6.07) is 5.68. The van der Waals surface area contributed by atoms with Crippen LogP contribution in [0.3, 0.4) is 0 Å². The van der Waals surface area contributed by atoms with E-state index in [4.69, 9.17) is 0 Å². The molecule has 1 amide bonds. The highest BCUT2D eigenvalue weighted by atomic mass is 16.1. The van der Waals surface area contributed by atoms with Crippen LogP contribution in [0.15, 0.2) is 29.8 Å². The Bertz CT molecular complexity index is 654. The number of anilines is 1. The van der Waals surface area contributed by atoms with Crippen molar-refractivity contribution >= 4 is 17.4 Å². The van der Waals surface area contributed by atoms with Gasteiger partial charge in [-0.2, -0.15) is 0 Å². The van der Waals surface area contributed by atoms with E-state index in [0.717, 1.165) is 47.6 Å². The van der Waals surface area contributed by atoms with E-state index in [-0.39, 0.29) is 11.7 Å². The quantitative estimate of drug-likeness (QED) is 0.786. The maximum atomic E-state index is 12.3. The van der Waals surface area contributed by atoms with Gasteiger partial charge in [-0.15, -0.1) is 0 Å². The third-order valence-corrected chi connectivity index (χ3v) is 5.44. The minimum atomic E-state index is 0.0943. The van der Waals surface area contributed by atoms with Crippen molar-refractivity contribution in [2.24, 2.45) is 5.92 Å². The van der Waals surface area contributed by atoms with Crippen LogP contribution >= 0.6 is 0 Å². The van der Waals surface area contributed by atoms with Gasteiger partial charge in [0.25, 0.3) is 0 Å². The number of aryl methyl sites for hydroxylation is 1. The third-order valence-electron chi connectivity index (χ3n) is 5.44. The van der Waals surface area contributed by atoms with Crippen LogP contribution < -0.4 is 5.32 Å². The van der Waals surface area contributed by atoms with E-state index in [2.05, 4.69) is 5.32 Å². The topological polar surface area (TPSA) is 46.2 Å². The van der Waals surface area contributed by atoms with Crippen molar-refractivity contribution < 1.29 is 9.59 Å². The average Bonchev–Trinajstić information content (AvgIpc) is 2.61. The van der Waals surface area contributed by atoms with Crippen molar-refractivity contribution in [1.82, 2.24) is 0 Å². The monoisotopic (exact) mass is 325 g/mol. The normalized spacial score (nSPS) is 20.0. The summed E-state index contributed by atoms with van der Waals surface area (Å²) in [7, 11) is 0. The van der Waals surface area contributed by atoms with E-state index < -0.39 is 0 Å². The first-order valence-electron chi connectivity index (χ1n) is 9.30. The lowest BCUT2D eigenvalue weighted by atomic mass is 9.86. The SMILES string of the molecule is C/C=C1\CCc2cc(NC(=O)CCC3CCCCC3)ccc2C1=O. The summed E-state index contributed by atoms with van der Waals surface area (Å²) in [5.74, 6) is 0.954. The first-order chi connectivity index (χ1) is 11.7. The number of fused-ring (bicyclic) bond motifs is 1. The molecule has 0 spiro atoms. The number of rotatable bonds is 4. The molecule has 3 heteroatoms. The smallest absolute Gasteiger partial charge is 0.224 e. The van der Waals surface area contributed by atoms with Gasteiger partial charge in [-0.25, -0.2) is 0 Å². The molecule has 0 heterocycles. The van der Waals surface area contributed by atoms with Gasteiger partial charge < -0.3 is 5.32 Å². The van der Waals surface area contributed by atoms with Crippen LogP contribution in [0.1, 0.15) is 74.2 Å². The number of carbonyl (C=O) groups is 2. The molecule has 1 N–H and O–H groups in total. The molecule has 128 valence electrons. The lowest BCUT2D eigenvalue weighted by Crippen LogP contribution is -2.17. The molecular formula is C21H27NO2. The summed E-state index contributed by atoms with van der Waals surface area (Å²) in [4.78, 5) is 24.5. The van der Waals surface area contributed by atoms with Crippen molar-refractivity contribution in [1.29, 1.82) is 0 Å². The third kappa shape index (κ3) is 3.95. The van der Waals surface area contributed by atoms with Crippen molar-refractivity contribution in [3.05, 3.63) is 41.0 Å². The van der Waals surface area contributed by atoms with Crippen LogP contribution in [0.2, 0.25) is 0 Å². The predicted molar refractivity (Wildman–Crippen MR) is 97.3 cm³/mol. The minimum absolute atomic E-state index is 0.0943. The van der Waals surface area contributed by atoms with Gasteiger partial charge in [-0.3, -0.25) is 9.59 Å². The molecule has 1 aromatic rings. The van der Waals surface area contributed by atoms with Gasteiger partial charge in [-0.1, -0.05) is 38.2 Å². The lowest BCUT2D eigenvalue weighted by Gasteiger charge is -2.21. The molecule has 3 rings (SSSR count). The van der Waals surface area contributed by atoms with E-state index in [1.165, 1.54) is 32.1 Å². The number of nitrogens with one attached hydrogen (secondary N) is 1. The zero-order chi connectivity index (χ0) is 16.9. The van der Waals surface area contributed by atoms with Crippen molar-refractivity contribution in [2.75, 3.05) is 5.32 Å². The fourth-order valence-corrected chi connectivity index (χ4v) is 3.97. The second-order valence-corrected chi connectivity index (χ2v) is 7.11. The van der Waals surface area contributed by atoms with E-state index in [0.29, 0.717) is 6.42 Å². The Morgan fingerprint density at radius 2 is 2.00 bits per heavy atom. The van der Waals surface area contributed by atoms with Crippen LogP contribution in [0, 0.1) is 5.92 Å². The number of allylic oxidation sites excluding steroid dienone is 2. The van der Waals surface area contributed by atoms with Crippen LogP contribution in [0.25, 0.3) is 0 Å².